The number of carboxylic acid groups (broad SMARTS) is 1. The second-order valence-corrected chi connectivity index (χ2v) is 12.3. The molecule has 0 radical (unpaired) electrons. The Labute approximate surface area is 271 Å². The predicted octanol–water partition coefficient (Wildman–Crippen LogP) is 2.18. The fraction of sp³-hybridized carbons (Fsp3) is 0.394. The van der Waals surface area contributed by atoms with Gasteiger partial charge < -0.3 is 42.5 Å². The Balaban J connectivity index is 1.52. The van der Waals surface area contributed by atoms with Crippen LogP contribution in [0.2, 0.25) is 0 Å². The van der Waals surface area contributed by atoms with Crippen molar-refractivity contribution in [3.63, 3.8) is 0 Å². The smallest absolute Gasteiger partial charge is 0.326 e. The van der Waals surface area contributed by atoms with E-state index in [-0.39, 0.29) is 19.3 Å². The van der Waals surface area contributed by atoms with Crippen LogP contribution in [0.4, 0.5) is 0 Å². The number of hydrogen-bond donors (Lipinski definition) is 8. The molecule has 0 saturated carbocycles. The second kappa shape index (κ2) is 16.8. The third-order valence-corrected chi connectivity index (χ3v) is 8.64. The zero-order valence-electron chi connectivity index (χ0n) is 25.9. The van der Waals surface area contributed by atoms with Gasteiger partial charge in [-0.2, -0.15) is 11.8 Å². The maximum Gasteiger partial charge on any atom is 0.326 e. The van der Waals surface area contributed by atoms with Crippen molar-refractivity contribution < 1.29 is 24.3 Å². The van der Waals surface area contributed by atoms with E-state index in [1.807, 2.05) is 54.8 Å². The first kappa shape index (κ1) is 34.5. The number of amides is 3. The lowest BCUT2D eigenvalue weighted by atomic mass is 10.0. The van der Waals surface area contributed by atoms with Crippen LogP contribution >= 0.6 is 11.8 Å². The number of nitrogens with one attached hydrogen (secondary N) is 5. The first-order valence-electron chi connectivity index (χ1n) is 15.4. The van der Waals surface area contributed by atoms with Gasteiger partial charge in [0.2, 0.25) is 17.7 Å². The van der Waals surface area contributed by atoms with Gasteiger partial charge in [-0.1, -0.05) is 42.8 Å². The van der Waals surface area contributed by atoms with Gasteiger partial charge in [0.1, 0.15) is 18.1 Å². The third-order valence-electron chi connectivity index (χ3n) is 8.00. The number of aromatic nitrogens is 2. The molecule has 4 aromatic rings. The van der Waals surface area contributed by atoms with Gasteiger partial charge >= 0.3 is 5.97 Å². The lowest BCUT2D eigenvalue weighted by Gasteiger charge is -2.25. The van der Waals surface area contributed by atoms with Crippen molar-refractivity contribution in [3.8, 4) is 0 Å². The molecule has 4 atom stereocenters. The molecule has 0 saturated heterocycles. The zero-order valence-corrected chi connectivity index (χ0v) is 26.7. The summed E-state index contributed by atoms with van der Waals surface area (Å²) in [6.07, 6.45) is 7.66. The van der Waals surface area contributed by atoms with E-state index in [1.54, 1.807) is 12.4 Å². The van der Waals surface area contributed by atoms with Crippen molar-refractivity contribution in [2.45, 2.75) is 62.7 Å². The highest BCUT2D eigenvalue weighted by atomic mass is 32.2. The average Bonchev–Trinajstić information content (AvgIpc) is 3.66. The molecule has 10 N–H and O–H groups in total. The average molecular weight is 650 g/mol. The van der Waals surface area contributed by atoms with Crippen LogP contribution in [0.25, 0.3) is 21.8 Å². The molecule has 0 aliphatic rings. The molecule has 13 heteroatoms. The van der Waals surface area contributed by atoms with Crippen molar-refractivity contribution in [3.05, 3.63) is 72.1 Å². The maximum atomic E-state index is 13.8. The van der Waals surface area contributed by atoms with Gasteiger partial charge in [-0.15, -0.1) is 0 Å². The molecule has 0 fully saturated rings. The number of nitrogens with two attached hydrogens (primary N) is 2. The van der Waals surface area contributed by atoms with Gasteiger partial charge in [0.15, 0.2) is 0 Å². The van der Waals surface area contributed by atoms with Crippen molar-refractivity contribution in [1.29, 1.82) is 0 Å². The minimum Gasteiger partial charge on any atom is -0.480 e. The van der Waals surface area contributed by atoms with Gasteiger partial charge in [0.25, 0.3) is 0 Å². The molecule has 4 rings (SSSR count). The molecule has 4 unspecified atom stereocenters. The molecule has 3 amide bonds. The molecular weight excluding hydrogens is 606 g/mol. The lowest BCUT2D eigenvalue weighted by Crippen LogP contribution is -2.58. The normalized spacial score (nSPS) is 14.0. The molecule has 2 aromatic heterocycles. The molecule has 2 heterocycles. The predicted molar refractivity (Wildman–Crippen MR) is 181 cm³/mol. The Morgan fingerprint density at radius 3 is 1.85 bits per heavy atom. The molecule has 0 aliphatic heterocycles. The first-order valence-corrected chi connectivity index (χ1v) is 16.8. The molecular formula is C33H43N7O5S. The number of H-pyrrole nitrogens is 2. The summed E-state index contributed by atoms with van der Waals surface area (Å²) in [4.78, 5) is 59.0. The fourth-order valence-electron chi connectivity index (χ4n) is 5.42. The van der Waals surface area contributed by atoms with Crippen molar-refractivity contribution in [2.24, 2.45) is 11.5 Å². The van der Waals surface area contributed by atoms with Crippen LogP contribution < -0.4 is 27.4 Å². The zero-order chi connectivity index (χ0) is 33.1. The molecule has 2 aromatic carbocycles. The Morgan fingerprint density at radius 2 is 1.28 bits per heavy atom. The van der Waals surface area contributed by atoms with E-state index >= 15 is 0 Å². The monoisotopic (exact) mass is 649 g/mol. The van der Waals surface area contributed by atoms with Crippen LogP contribution in [-0.2, 0) is 32.0 Å². The number of unbranched alkanes of at least 4 members (excludes halogenated alkanes) is 1. The number of carboxylic acids is 1. The van der Waals surface area contributed by atoms with Gasteiger partial charge in [0.05, 0.1) is 6.04 Å². The maximum absolute atomic E-state index is 13.8. The minimum atomic E-state index is -1.23. The van der Waals surface area contributed by atoms with Crippen molar-refractivity contribution in [2.75, 3.05) is 18.6 Å². The van der Waals surface area contributed by atoms with E-state index in [2.05, 4.69) is 25.9 Å². The van der Waals surface area contributed by atoms with Crippen molar-refractivity contribution >= 4 is 57.3 Å². The van der Waals surface area contributed by atoms with Gasteiger partial charge in [-0.25, -0.2) is 4.79 Å². The highest BCUT2D eigenvalue weighted by Gasteiger charge is 2.31. The fourth-order valence-corrected chi connectivity index (χ4v) is 5.89. The van der Waals surface area contributed by atoms with Crippen molar-refractivity contribution in [1.82, 2.24) is 25.9 Å². The summed E-state index contributed by atoms with van der Waals surface area (Å²) in [5, 5.41) is 20.0. The van der Waals surface area contributed by atoms with Gasteiger partial charge in [-0.3, -0.25) is 14.4 Å². The summed E-state index contributed by atoms with van der Waals surface area (Å²) in [6.45, 7) is 0.490. The van der Waals surface area contributed by atoms with E-state index in [9.17, 15) is 24.3 Å². The van der Waals surface area contributed by atoms with Crippen LogP contribution in [0.15, 0.2) is 60.9 Å². The lowest BCUT2D eigenvalue weighted by molar-refractivity contribution is -0.142. The summed E-state index contributed by atoms with van der Waals surface area (Å²) in [7, 11) is 0. The van der Waals surface area contributed by atoms with Crippen LogP contribution in [0.1, 0.15) is 36.8 Å². The Morgan fingerprint density at radius 1 is 0.761 bits per heavy atom. The number of benzene rings is 2. The number of aromatic amines is 2. The highest BCUT2D eigenvalue weighted by molar-refractivity contribution is 7.98. The number of carbonyl (C=O) groups is 4. The first-order chi connectivity index (χ1) is 22.2. The Hall–Kier alpha value is -4.33. The van der Waals surface area contributed by atoms with E-state index in [0.717, 1.165) is 39.4 Å². The number of carbonyl (C=O) groups excluding carboxylic acids is 3. The van der Waals surface area contributed by atoms with Crippen LogP contribution in [0.3, 0.4) is 0 Å². The number of hydrogen-bond acceptors (Lipinski definition) is 7. The van der Waals surface area contributed by atoms with Gasteiger partial charge in [0, 0.05) is 47.0 Å². The summed E-state index contributed by atoms with van der Waals surface area (Å²) < 4.78 is 0. The summed E-state index contributed by atoms with van der Waals surface area (Å²) in [5.41, 5.74) is 15.0. The minimum absolute atomic E-state index is 0.0512. The molecule has 0 spiro atoms. The van der Waals surface area contributed by atoms with Gasteiger partial charge in [-0.05, 0) is 61.1 Å². The Kier molecular flexibility index (Phi) is 12.6. The second-order valence-electron chi connectivity index (χ2n) is 11.3. The number of para-hydroxylation sites is 2. The standard InChI is InChI=1S/C33H43N7O5S/c1-46-15-13-27(31(42)40-29(33(44)45)17-21-19-37-26-12-5-3-9-23(21)26)38-32(43)28(39-30(41)24(35)10-6-7-14-34)16-20-18-36-25-11-4-2-8-22(20)25/h2-5,8-9,11-12,18-19,24,27-29,36-37H,6-7,10,13-17,34-35H2,1H3,(H,38,43)(H,39,41)(H,40,42)(H,44,45). The van der Waals surface area contributed by atoms with E-state index in [0.29, 0.717) is 25.1 Å². The number of aliphatic carboxylic acids is 1. The third kappa shape index (κ3) is 9.12. The van der Waals surface area contributed by atoms with Crippen LogP contribution in [0.5, 0.6) is 0 Å². The topological polar surface area (TPSA) is 208 Å². The number of fused-ring (bicyclic) bond motifs is 2. The number of thioether (sulfide) groups is 1. The molecule has 12 nitrogen and oxygen atoms in total. The van der Waals surface area contributed by atoms with Crippen LogP contribution in [-0.4, -0.2) is 81.5 Å². The molecule has 0 bridgehead atoms. The quantitative estimate of drug-likeness (QED) is 0.0748. The number of rotatable bonds is 18. The molecule has 246 valence electrons. The van der Waals surface area contributed by atoms with E-state index in [4.69, 9.17) is 11.5 Å². The molecule has 0 aliphatic carbocycles. The Bertz CT molecular complexity index is 1640. The van der Waals surface area contributed by atoms with E-state index in [1.165, 1.54) is 11.8 Å². The summed E-state index contributed by atoms with van der Waals surface area (Å²) in [6, 6.07) is 11.0. The largest absolute Gasteiger partial charge is 0.480 e. The van der Waals surface area contributed by atoms with E-state index < -0.39 is 47.9 Å². The summed E-state index contributed by atoms with van der Waals surface area (Å²) in [5.74, 6) is -2.33. The molecule has 46 heavy (non-hydrogen) atoms. The van der Waals surface area contributed by atoms with Crippen LogP contribution in [0, 0.1) is 0 Å². The summed E-state index contributed by atoms with van der Waals surface area (Å²) >= 11 is 1.49. The SMILES string of the molecule is CSCCC(NC(=O)C(Cc1c[nH]c2ccccc12)NC(=O)C(N)CCCCN)C(=O)NC(Cc1c[nH]c2ccccc12)C(=O)O. The highest BCUT2D eigenvalue weighted by Crippen LogP contribution is 2.21.